The summed E-state index contributed by atoms with van der Waals surface area (Å²) in [4.78, 5) is 3.56. The van der Waals surface area contributed by atoms with Crippen molar-refractivity contribution in [3.63, 3.8) is 0 Å². The molecule has 2 heteroatoms. The van der Waals surface area contributed by atoms with Crippen LogP contribution < -0.4 is 4.74 Å². The van der Waals surface area contributed by atoms with E-state index in [9.17, 15) is 0 Å². The molecule has 2 nitrogen and oxygen atoms in total. The van der Waals surface area contributed by atoms with Crippen molar-refractivity contribution in [2.24, 2.45) is 0 Å². The van der Waals surface area contributed by atoms with Gasteiger partial charge in [0.2, 0.25) is 0 Å². The minimum absolute atomic E-state index is 0.400. The average Bonchev–Trinajstić information content (AvgIpc) is 2.97. The molecular formula is C16H21NO. The van der Waals surface area contributed by atoms with Gasteiger partial charge in [-0.15, -0.1) is 0 Å². The summed E-state index contributed by atoms with van der Waals surface area (Å²) in [6.07, 6.45) is 4.84. The molecule has 3 rings (SSSR count). The fourth-order valence-corrected chi connectivity index (χ4v) is 2.64. The quantitative estimate of drug-likeness (QED) is 0.856. The van der Waals surface area contributed by atoms with Crippen molar-refractivity contribution >= 4 is 10.9 Å². The van der Waals surface area contributed by atoms with E-state index in [1.807, 2.05) is 0 Å². The van der Waals surface area contributed by atoms with Gasteiger partial charge in [0.25, 0.3) is 0 Å². The molecule has 0 unspecified atom stereocenters. The number of ether oxygens (including phenoxy) is 1. The SMILES string of the molecule is CCCc1cc2cc(C3(C)CC3)[nH]c2cc1OC. The Hall–Kier alpha value is -1.44. The number of aryl methyl sites for hydroxylation is 1. The highest BCUT2D eigenvalue weighted by Crippen LogP contribution is 2.48. The van der Waals surface area contributed by atoms with Crippen molar-refractivity contribution in [3.05, 3.63) is 29.5 Å². The topological polar surface area (TPSA) is 25.0 Å². The number of hydrogen-bond acceptors (Lipinski definition) is 1. The van der Waals surface area contributed by atoms with Crippen molar-refractivity contribution < 1.29 is 4.74 Å². The Morgan fingerprint density at radius 2 is 2.06 bits per heavy atom. The van der Waals surface area contributed by atoms with Crippen LogP contribution in [0.4, 0.5) is 0 Å². The van der Waals surface area contributed by atoms with Crippen LogP contribution in [0.25, 0.3) is 10.9 Å². The first kappa shape index (κ1) is 11.6. The first-order valence-corrected chi connectivity index (χ1v) is 6.86. The fourth-order valence-electron chi connectivity index (χ4n) is 2.64. The van der Waals surface area contributed by atoms with Crippen molar-refractivity contribution in [2.45, 2.75) is 44.9 Å². The number of rotatable bonds is 4. The molecule has 1 aliphatic carbocycles. The molecule has 96 valence electrons. The highest BCUT2D eigenvalue weighted by molar-refractivity contribution is 5.83. The molecule has 0 aliphatic heterocycles. The van der Waals surface area contributed by atoms with Crippen LogP contribution in [0.1, 0.15) is 44.4 Å². The van der Waals surface area contributed by atoms with Gasteiger partial charge in [-0.2, -0.15) is 0 Å². The fraction of sp³-hybridized carbons (Fsp3) is 0.500. The smallest absolute Gasteiger partial charge is 0.124 e. The monoisotopic (exact) mass is 243 g/mol. The lowest BCUT2D eigenvalue weighted by atomic mass is 10.0. The first-order valence-electron chi connectivity index (χ1n) is 6.86. The zero-order valence-electron chi connectivity index (χ0n) is 11.5. The van der Waals surface area contributed by atoms with Crippen molar-refractivity contribution in [1.82, 2.24) is 4.98 Å². The van der Waals surface area contributed by atoms with Crippen LogP contribution in [0.2, 0.25) is 0 Å². The van der Waals surface area contributed by atoms with E-state index < -0.39 is 0 Å². The second kappa shape index (κ2) is 4.04. The Morgan fingerprint density at radius 3 is 2.67 bits per heavy atom. The van der Waals surface area contributed by atoms with Crippen molar-refractivity contribution in [2.75, 3.05) is 7.11 Å². The van der Waals surface area contributed by atoms with E-state index in [1.54, 1.807) is 7.11 Å². The van der Waals surface area contributed by atoms with Crippen LogP contribution in [0.5, 0.6) is 5.75 Å². The van der Waals surface area contributed by atoms with Gasteiger partial charge >= 0.3 is 0 Å². The lowest BCUT2D eigenvalue weighted by Crippen LogP contribution is -1.98. The van der Waals surface area contributed by atoms with E-state index in [0.29, 0.717) is 5.41 Å². The summed E-state index contributed by atoms with van der Waals surface area (Å²) >= 11 is 0. The van der Waals surface area contributed by atoms with Gasteiger partial charge in [0.15, 0.2) is 0 Å². The van der Waals surface area contributed by atoms with Gasteiger partial charge in [-0.1, -0.05) is 20.3 Å². The molecule has 1 fully saturated rings. The summed E-state index contributed by atoms with van der Waals surface area (Å²) < 4.78 is 5.50. The predicted octanol–water partition coefficient (Wildman–Crippen LogP) is 4.18. The number of H-pyrrole nitrogens is 1. The molecule has 0 bridgehead atoms. The van der Waals surface area contributed by atoms with Crippen LogP contribution in [0, 0.1) is 0 Å². The number of aromatic nitrogens is 1. The first-order chi connectivity index (χ1) is 8.66. The summed E-state index contributed by atoms with van der Waals surface area (Å²) in [6, 6.07) is 6.75. The molecule has 1 N–H and O–H groups in total. The number of methoxy groups -OCH3 is 1. The van der Waals surface area contributed by atoms with Gasteiger partial charge in [-0.25, -0.2) is 0 Å². The van der Waals surface area contributed by atoms with Gasteiger partial charge in [0.1, 0.15) is 5.75 Å². The molecule has 18 heavy (non-hydrogen) atoms. The maximum absolute atomic E-state index is 5.50. The standard InChI is InChI=1S/C16H21NO/c1-4-5-11-8-12-9-15(16(2)6-7-16)17-13(12)10-14(11)18-3/h8-10,17H,4-7H2,1-3H3. The molecule has 1 aromatic carbocycles. The average molecular weight is 243 g/mol. The zero-order valence-corrected chi connectivity index (χ0v) is 11.5. The summed E-state index contributed by atoms with van der Waals surface area (Å²) in [5.41, 5.74) is 4.30. The van der Waals surface area contributed by atoms with E-state index in [1.165, 1.54) is 35.0 Å². The van der Waals surface area contributed by atoms with E-state index in [2.05, 4.69) is 37.0 Å². The normalized spacial score (nSPS) is 17.1. The molecular weight excluding hydrogens is 222 g/mol. The minimum Gasteiger partial charge on any atom is -0.496 e. The van der Waals surface area contributed by atoms with Gasteiger partial charge in [-0.05, 0) is 37.0 Å². The van der Waals surface area contributed by atoms with E-state index >= 15 is 0 Å². The van der Waals surface area contributed by atoms with Gasteiger partial charge < -0.3 is 9.72 Å². The molecule has 1 saturated carbocycles. The Balaban J connectivity index is 2.09. The second-order valence-corrected chi connectivity index (χ2v) is 5.74. The number of fused-ring (bicyclic) bond motifs is 1. The molecule has 0 radical (unpaired) electrons. The van der Waals surface area contributed by atoms with Crippen LogP contribution in [-0.4, -0.2) is 12.1 Å². The maximum atomic E-state index is 5.50. The number of hydrogen-bond donors (Lipinski definition) is 1. The molecule has 0 amide bonds. The Labute approximate surface area is 108 Å². The lowest BCUT2D eigenvalue weighted by molar-refractivity contribution is 0.410. The Bertz CT molecular complexity index is 578. The molecule has 0 saturated heterocycles. The summed E-state index contributed by atoms with van der Waals surface area (Å²) in [5.74, 6) is 1.01. The number of nitrogens with one attached hydrogen (secondary N) is 1. The van der Waals surface area contributed by atoms with E-state index in [0.717, 1.165) is 18.6 Å². The largest absolute Gasteiger partial charge is 0.496 e. The number of benzene rings is 1. The Morgan fingerprint density at radius 1 is 1.28 bits per heavy atom. The highest BCUT2D eigenvalue weighted by atomic mass is 16.5. The van der Waals surface area contributed by atoms with Crippen LogP contribution in [-0.2, 0) is 11.8 Å². The molecule has 0 atom stereocenters. The van der Waals surface area contributed by atoms with Gasteiger partial charge in [-0.3, -0.25) is 0 Å². The summed E-state index contributed by atoms with van der Waals surface area (Å²) in [5, 5.41) is 1.32. The van der Waals surface area contributed by atoms with Crippen LogP contribution in [0.15, 0.2) is 18.2 Å². The Kier molecular flexibility index (Phi) is 2.61. The lowest BCUT2D eigenvalue weighted by Gasteiger charge is -2.07. The van der Waals surface area contributed by atoms with Crippen molar-refractivity contribution in [3.8, 4) is 5.75 Å². The number of aromatic amines is 1. The van der Waals surface area contributed by atoms with Gasteiger partial charge in [0, 0.05) is 28.1 Å². The molecule has 1 aliphatic rings. The third-order valence-corrected chi connectivity index (χ3v) is 4.19. The summed E-state index contributed by atoms with van der Waals surface area (Å²) in [7, 11) is 1.76. The zero-order chi connectivity index (χ0) is 12.8. The highest BCUT2D eigenvalue weighted by Gasteiger charge is 2.40. The maximum Gasteiger partial charge on any atom is 0.124 e. The molecule has 1 aromatic heterocycles. The third kappa shape index (κ3) is 1.80. The summed E-state index contributed by atoms with van der Waals surface area (Å²) in [6.45, 7) is 4.54. The van der Waals surface area contributed by atoms with E-state index in [4.69, 9.17) is 4.74 Å². The third-order valence-electron chi connectivity index (χ3n) is 4.19. The predicted molar refractivity (Wildman–Crippen MR) is 75.4 cm³/mol. The molecule has 0 spiro atoms. The molecule has 1 heterocycles. The minimum atomic E-state index is 0.400. The van der Waals surface area contributed by atoms with Gasteiger partial charge in [0.05, 0.1) is 7.11 Å². The van der Waals surface area contributed by atoms with Crippen LogP contribution >= 0.6 is 0 Å². The molecule has 2 aromatic rings. The van der Waals surface area contributed by atoms with E-state index in [-0.39, 0.29) is 0 Å². The second-order valence-electron chi connectivity index (χ2n) is 5.74. The van der Waals surface area contributed by atoms with Crippen LogP contribution in [0.3, 0.4) is 0 Å². The van der Waals surface area contributed by atoms with Crippen molar-refractivity contribution in [1.29, 1.82) is 0 Å².